The van der Waals surface area contributed by atoms with Crippen LogP contribution in [0.2, 0.25) is 0 Å². The molecular formula is C35H46N4O4. The summed E-state index contributed by atoms with van der Waals surface area (Å²) in [7, 11) is 1.79. The van der Waals surface area contributed by atoms with Crippen molar-refractivity contribution in [2.24, 2.45) is 5.92 Å². The maximum Gasteiger partial charge on any atom is 0.268 e. The fourth-order valence-corrected chi connectivity index (χ4v) is 6.54. The number of aryl methyl sites for hydroxylation is 2. The second-order valence-electron chi connectivity index (χ2n) is 12.7. The summed E-state index contributed by atoms with van der Waals surface area (Å²) in [6, 6.07) is 16.0. The predicted molar refractivity (Wildman–Crippen MR) is 167 cm³/mol. The van der Waals surface area contributed by atoms with E-state index in [4.69, 9.17) is 4.74 Å². The molecule has 230 valence electrons. The highest BCUT2D eigenvalue weighted by Crippen LogP contribution is 2.26. The first-order valence-corrected chi connectivity index (χ1v) is 15.8. The molecule has 2 aromatic carbocycles. The van der Waals surface area contributed by atoms with E-state index in [2.05, 4.69) is 5.32 Å². The largest absolute Gasteiger partial charge is 0.494 e. The van der Waals surface area contributed by atoms with E-state index in [9.17, 15) is 14.4 Å². The molecule has 0 saturated carbocycles. The minimum atomic E-state index is -1.19. The van der Waals surface area contributed by atoms with Gasteiger partial charge in [-0.3, -0.25) is 14.4 Å². The van der Waals surface area contributed by atoms with Crippen LogP contribution in [-0.2, 0) is 27.3 Å². The van der Waals surface area contributed by atoms with Crippen molar-refractivity contribution < 1.29 is 19.1 Å². The average molecular weight is 587 g/mol. The molecule has 3 aliphatic rings. The number of nitrogens with zero attached hydrogens (tertiary/aromatic N) is 3. The lowest BCUT2D eigenvalue weighted by atomic mass is 9.90. The van der Waals surface area contributed by atoms with Gasteiger partial charge in [-0.2, -0.15) is 0 Å². The van der Waals surface area contributed by atoms with Crippen LogP contribution in [0, 0.1) is 12.8 Å². The van der Waals surface area contributed by atoms with Crippen LogP contribution < -0.4 is 10.1 Å². The van der Waals surface area contributed by atoms with Crippen molar-refractivity contribution in [1.29, 1.82) is 0 Å². The first kappa shape index (κ1) is 30.6. The third-order valence-corrected chi connectivity index (χ3v) is 9.26. The molecule has 3 aliphatic heterocycles. The van der Waals surface area contributed by atoms with Crippen molar-refractivity contribution in [3.8, 4) is 5.75 Å². The number of rotatable bonds is 4. The van der Waals surface area contributed by atoms with Crippen LogP contribution in [-0.4, -0.2) is 77.8 Å². The quantitative estimate of drug-likeness (QED) is 0.572. The van der Waals surface area contributed by atoms with Gasteiger partial charge in [-0.15, -0.1) is 0 Å². The standard InChI is InChI=1S/C35H46N4O4/c1-26-13-14-30-22-29(26)25-37(3)34(42)35(2,17-15-27-10-5-4-6-11-27)36-33(41)31(38-18-7-8-19-38)23-32(40)39-20-9-12-28(24-39)16-21-43-30/h4-6,10-11,13-14,22-23,28H,7-9,12,15-21,24-25H2,1-3H3,(H,36,41)/b31-23-/t28?,35-/m1/s1. The molecule has 3 heterocycles. The van der Waals surface area contributed by atoms with Gasteiger partial charge >= 0.3 is 0 Å². The van der Waals surface area contributed by atoms with E-state index in [0.717, 1.165) is 67.6 Å². The Labute approximate surface area is 256 Å². The van der Waals surface area contributed by atoms with E-state index in [1.54, 1.807) is 11.9 Å². The maximum atomic E-state index is 14.2. The zero-order valence-corrected chi connectivity index (χ0v) is 25.9. The summed E-state index contributed by atoms with van der Waals surface area (Å²) in [6.45, 7) is 7.60. The summed E-state index contributed by atoms with van der Waals surface area (Å²) in [5, 5.41) is 3.14. The summed E-state index contributed by atoms with van der Waals surface area (Å²) < 4.78 is 6.17. The summed E-state index contributed by atoms with van der Waals surface area (Å²) in [4.78, 5) is 47.5. The molecule has 0 spiro atoms. The zero-order valence-electron chi connectivity index (χ0n) is 25.9. The lowest BCUT2D eigenvalue weighted by Crippen LogP contribution is -2.58. The number of ether oxygens (including phenoxy) is 1. The average Bonchev–Trinajstić information content (AvgIpc) is 3.55. The maximum absolute atomic E-state index is 14.2. The van der Waals surface area contributed by atoms with Crippen LogP contribution in [0.3, 0.4) is 0 Å². The highest BCUT2D eigenvalue weighted by molar-refractivity contribution is 6.03. The van der Waals surface area contributed by atoms with E-state index in [1.165, 1.54) is 6.08 Å². The van der Waals surface area contributed by atoms with Crippen molar-refractivity contribution in [1.82, 2.24) is 20.0 Å². The van der Waals surface area contributed by atoms with Crippen molar-refractivity contribution in [3.63, 3.8) is 0 Å². The molecule has 8 heteroatoms. The molecule has 8 nitrogen and oxygen atoms in total. The second kappa shape index (κ2) is 13.7. The zero-order chi connectivity index (χ0) is 30.4. The van der Waals surface area contributed by atoms with Gasteiger partial charge in [0.25, 0.3) is 5.91 Å². The molecule has 2 saturated heterocycles. The van der Waals surface area contributed by atoms with Gasteiger partial charge in [0, 0.05) is 45.8 Å². The number of benzene rings is 2. The normalized spacial score (nSPS) is 25.4. The second-order valence-corrected chi connectivity index (χ2v) is 12.7. The minimum Gasteiger partial charge on any atom is -0.494 e. The summed E-state index contributed by atoms with van der Waals surface area (Å²) >= 11 is 0. The third-order valence-electron chi connectivity index (χ3n) is 9.26. The Morgan fingerprint density at radius 2 is 1.70 bits per heavy atom. The lowest BCUT2D eigenvalue weighted by molar-refractivity contribution is -0.140. The van der Waals surface area contributed by atoms with E-state index < -0.39 is 5.54 Å². The van der Waals surface area contributed by atoms with Crippen LogP contribution in [0.1, 0.15) is 62.1 Å². The molecule has 2 fully saturated rings. The van der Waals surface area contributed by atoms with Crippen LogP contribution in [0.25, 0.3) is 0 Å². The van der Waals surface area contributed by atoms with Gasteiger partial charge < -0.3 is 24.8 Å². The highest BCUT2D eigenvalue weighted by Gasteiger charge is 2.39. The Kier molecular flexibility index (Phi) is 9.73. The van der Waals surface area contributed by atoms with Crippen LogP contribution in [0.15, 0.2) is 60.3 Å². The molecule has 3 amide bonds. The summed E-state index contributed by atoms with van der Waals surface area (Å²) in [5.74, 6) is 0.457. The number of piperidine rings is 1. The Morgan fingerprint density at radius 3 is 2.47 bits per heavy atom. The van der Waals surface area contributed by atoms with E-state index in [1.807, 2.05) is 72.2 Å². The van der Waals surface area contributed by atoms with E-state index in [0.29, 0.717) is 50.7 Å². The number of fused-ring (bicyclic) bond motifs is 4. The number of nitrogens with one attached hydrogen (secondary N) is 1. The molecule has 2 atom stereocenters. The van der Waals surface area contributed by atoms with Crippen molar-refractivity contribution >= 4 is 17.7 Å². The number of hydrogen-bond acceptors (Lipinski definition) is 5. The first-order valence-electron chi connectivity index (χ1n) is 15.8. The number of likely N-dealkylation sites (tertiary alicyclic amines) is 1. The first-order chi connectivity index (χ1) is 20.7. The Morgan fingerprint density at radius 1 is 0.953 bits per heavy atom. The lowest BCUT2D eigenvalue weighted by Gasteiger charge is -2.36. The van der Waals surface area contributed by atoms with Gasteiger partial charge in [-0.05, 0) is 93.5 Å². The molecule has 0 aliphatic carbocycles. The van der Waals surface area contributed by atoms with Crippen molar-refractivity contribution in [2.75, 3.05) is 39.8 Å². The number of likely N-dealkylation sites (N-methyl/N-ethyl adjacent to an activating group) is 1. The Hall–Kier alpha value is -3.81. The monoisotopic (exact) mass is 586 g/mol. The summed E-state index contributed by atoms with van der Waals surface area (Å²) in [5.41, 5.74) is 2.36. The number of carbonyl (C=O) groups is 3. The summed E-state index contributed by atoms with van der Waals surface area (Å²) in [6.07, 6.45) is 7.34. The fourth-order valence-electron chi connectivity index (χ4n) is 6.54. The van der Waals surface area contributed by atoms with Gasteiger partial charge in [-0.1, -0.05) is 36.4 Å². The minimum absolute atomic E-state index is 0.138. The van der Waals surface area contributed by atoms with Crippen LogP contribution in [0.5, 0.6) is 5.75 Å². The highest BCUT2D eigenvalue weighted by atomic mass is 16.5. The molecule has 1 unspecified atom stereocenters. The Balaban J connectivity index is 1.50. The van der Waals surface area contributed by atoms with Gasteiger partial charge in [0.05, 0.1) is 6.61 Å². The molecule has 0 aromatic heterocycles. The smallest absolute Gasteiger partial charge is 0.268 e. The van der Waals surface area contributed by atoms with Crippen molar-refractivity contribution in [2.45, 2.75) is 70.9 Å². The fraction of sp³-hybridized carbons (Fsp3) is 0.514. The molecule has 0 radical (unpaired) electrons. The van der Waals surface area contributed by atoms with E-state index >= 15 is 0 Å². The molecule has 2 aromatic rings. The molecular weight excluding hydrogens is 540 g/mol. The van der Waals surface area contributed by atoms with Gasteiger partial charge in [0.2, 0.25) is 11.8 Å². The topological polar surface area (TPSA) is 82.2 Å². The molecule has 4 bridgehead atoms. The molecule has 5 rings (SSSR count). The SMILES string of the molecule is Cc1ccc2cc1CN(C)C(=O)[C@@](C)(CCc1ccccc1)NC(=O)/C(N1CCCC1)=C/C(=O)N1CCCC(CCO2)C1. The Bertz CT molecular complexity index is 1340. The van der Waals surface area contributed by atoms with Crippen molar-refractivity contribution in [3.05, 3.63) is 77.0 Å². The van der Waals surface area contributed by atoms with Gasteiger partial charge in [0.1, 0.15) is 17.0 Å². The van der Waals surface area contributed by atoms with Crippen LogP contribution in [0.4, 0.5) is 0 Å². The third kappa shape index (κ3) is 7.59. The van der Waals surface area contributed by atoms with Gasteiger partial charge in [-0.25, -0.2) is 0 Å². The molecule has 43 heavy (non-hydrogen) atoms. The molecule has 1 N–H and O–H groups in total. The van der Waals surface area contributed by atoms with E-state index in [-0.39, 0.29) is 17.7 Å². The number of hydrogen-bond donors (Lipinski definition) is 1. The number of amides is 3. The number of carbonyl (C=O) groups excluding carboxylic acids is 3. The van der Waals surface area contributed by atoms with Gasteiger partial charge in [0.15, 0.2) is 0 Å². The predicted octanol–water partition coefficient (Wildman–Crippen LogP) is 4.46. The van der Waals surface area contributed by atoms with Crippen LogP contribution >= 0.6 is 0 Å².